The molecule has 1 aromatic heterocycles. The molecule has 1 amide bonds. The molecule has 0 N–H and O–H groups in total. The Kier molecular flexibility index (Phi) is 7.67. The lowest BCUT2D eigenvalue weighted by Gasteiger charge is -2.21. The highest BCUT2D eigenvalue weighted by molar-refractivity contribution is 7.89. The van der Waals surface area contributed by atoms with E-state index in [1.54, 1.807) is 0 Å². The first-order chi connectivity index (χ1) is 15.3. The summed E-state index contributed by atoms with van der Waals surface area (Å²) in [4.78, 5) is 17.8. The van der Waals surface area contributed by atoms with Crippen LogP contribution in [0.2, 0.25) is 0 Å². The minimum absolute atomic E-state index is 0.177. The van der Waals surface area contributed by atoms with Gasteiger partial charge in [0, 0.05) is 18.7 Å². The van der Waals surface area contributed by atoms with Crippen molar-refractivity contribution in [3.05, 3.63) is 58.4 Å². The van der Waals surface area contributed by atoms with Crippen molar-refractivity contribution in [3.8, 4) is 12.3 Å². The van der Waals surface area contributed by atoms with Gasteiger partial charge < -0.3 is 4.57 Å². The molecular weight excluding hydrogens is 442 g/mol. The number of hydrogen-bond acceptors (Lipinski definition) is 4. The highest BCUT2D eigenvalue weighted by Crippen LogP contribution is 2.21. The number of thiazole rings is 1. The van der Waals surface area contributed by atoms with E-state index in [4.69, 9.17) is 6.42 Å². The van der Waals surface area contributed by atoms with Crippen molar-refractivity contribution in [2.45, 2.75) is 45.1 Å². The predicted molar refractivity (Wildman–Crippen MR) is 129 cm³/mol. The van der Waals surface area contributed by atoms with E-state index in [9.17, 15) is 13.2 Å². The van der Waals surface area contributed by atoms with E-state index in [0.29, 0.717) is 30.0 Å². The molecule has 0 fully saturated rings. The number of benzene rings is 2. The van der Waals surface area contributed by atoms with Crippen LogP contribution in [-0.4, -0.2) is 36.3 Å². The fourth-order valence-electron chi connectivity index (χ4n) is 3.55. The van der Waals surface area contributed by atoms with Gasteiger partial charge in [0.1, 0.15) is 0 Å². The van der Waals surface area contributed by atoms with E-state index in [1.807, 2.05) is 43.5 Å². The molecule has 0 aliphatic rings. The van der Waals surface area contributed by atoms with Gasteiger partial charge in [-0.1, -0.05) is 43.2 Å². The van der Waals surface area contributed by atoms with Crippen molar-refractivity contribution in [1.29, 1.82) is 0 Å². The highest BCUT2D eigenvalue weighted by atomic mass is 32.2. The molecular formula is C24H27N3O3S2. The van der Waals surface area contributed by atoms with Gasteiger partial charge in [-0.25, -0.2) is 8.42 Å². The van der Waals surface area contributed by atoms with Gasteiger partial charge in [-0.3, -0.25) is 4.79 Å². The van der Waals surface area contributed by atoms with Crippen LogP contribution >= 0.6 is 11.3 Å². The second-order valence-electron chi connectivity index (χ2n) is 7.44. The SMILES string of the molecule is C#CCn1c(=NC(=O)c2ccc(S(=O)(=O)N(CCC)CCC)cc2)sc2cccc(C)c21. The summed E-state index contributed by atoms with van der Waals surface area (Å²) in [5, 5.41) is 0. The molecule has 2 aromatic carbocycles. The average molecular weight is 470 g/mol. The number of amides is 1. The second kappa shape index (κ2) is 10.3. The Morgan fingerprint density at radius 3 is 2.38 bits per heavy atom. The van der Waals surface area contributed by atoms with Gasteiger partial charge in [0.05, 0.1) is 21.7 Å². The number of fused-ring (bicyclic) bond motifs is 1. The fourth-order valence-corrected chi connectivity index (χ4v) is 6.28. The standard InChI is InChI=1S/C24H27N3O3S2/c1-5-15-26(16-6-2)32(29,30)20-13-11-19(12-14-20)23(28)25-24-27(17-7-3)22-18(4)9-8-10-21(22)31-24/h3,8-14H,5-6,15-17H2,1-2,4H3. The maximum atomic E-state index is 12.9. The topological polar surface area (TPSA) is 71.7 Å². The lowest BCUT2D eigenvalue weighted by atomic mass is 10.2. The quantitative estimate of drug-likeness (QED) is 0.464. The van der Waals surface area contributed by atoms with Crippen molar-refractivity contribution in [2.24, 2.45) is 4.99 Å². The minimum Gasteiger partial charge on any atom is -0.304 e. The lowest BCUT2D eigenvalue weighted by molar-refractivity contribution is 0.0998. The van der Waals surface area contributed by atoms with Crippen LogP contribution < -0.4 is 4.80 Å². The summed E-state index contributed by atoms with van der Waals surface area (Å²) in [5.41, 5.74) is 2.35. The van der Waals surface area contributed by atoms with E-state index in [0.717, 1.165) is 28.6 Å². The Balaban J connectivity index is 1.97. The molecule has 0 aliphatic carbocycles. The first-order valence-electron chi connectivity index (χ1n) is 10.5. The van der Waals surface area contributed by atoms with Crippen LogP contribution in [0.3, 0.4) is 0 Å². The van der Waals surface area contributed by atoms with Gasteiger partial charge in [-0.2, -0.15) is 9.30 Å². The van der Waals surface area contributed by atoms with Crippen molar-refractivity contribution in [2.75, 3.05) is 13.1 Å². The smallest absolute Gasteiger partial charge is 0.279 e. The number of para-hydroxylation sites is 1. The number of aromatic nitrogens is 1. The Labute approximate surface area is 193 Å². The number of rotatable bonds is 8. The van der Waals surface area contributed by atoms with Gasteiger partial charge in [0.25, 0.3) is 5.91 Å². The summed E-state index contributed by atoms with van der Waals surface area (Å²) >= 11 is 1.40. The second-order valence-corrected chi connectivity index (χ2v) is 10.4. The van der Waals surface area contributed by atoms with Crippen LogP contribution in [0.15, 0.2) is 52.4 Å². The molecule has 8 heteroatoms. The largest absolute Gasteiger partial charge is 0.304 e. The monoisotopic (exact) mass is 469 g/mol. The third-order valence-corrected chi connectivity index (χ3v) is 7.99. The normalized spacial score (nSPS) is 12.4. The molecule has 0 spiro atoms. The van der Waals surface area contributed by atoms with E-state index < -0.39 is 15.9 Å². The number of nitrogens with zero attached hydrogens (tertiary/aromatic N) is 3. The number of terminal acetylenes is 1. The molecule has 0 aliphatic heterocycles. The molecule has 3 rings (SSSR count). The summed E-state index contributed by atoms with van der Waals surface area (Å²) in [6.07, 6.45) is 7.02. The highest BCUT2D eigenvalue weighted by Gasteiger charge is 2.23. The third-order valence-electron chi connectivity index (χ3n) is 5.03. The average Bonchev–Trinajstić information content (AvgIpc) is 3.12. The van der Waals surface area contributed by atoms with E-state index >= 15 is 0 Å². The first-order valence-corrected chi connectivity index (χ1v) is 12.8. The number of sulfonamides is 1. The van der Waals surface area contributed by atoms with Crippen LogP contribution in [0.25, 0.3) is 10.2 Å². The van der Waals surface area contributed by atoms with Gasteiger partial charge in [0.2, 0.25) is 10.0 Å². The molecule has 0 bridgehead atoms. The first kappa shape index (κ1) is 23.9. The van der Waals surface area contributed by atoms with Crippen LogP contribution in [0.1, 0.15) is 42.6 Å². The van der Waals surface area contributed by atoms with Crippen molar-refractivity contribution in [3.63, 3.8) is 0 Å². The third kappa shape index (κ3) is 4.85. The van der Waals surface area contributed by atoms with Crippen LogP contribution in [0.4, 0.5) is 0 Å². The molecule has 3 aromatic rings. The summed E-state index contributed by atoms with van der Waals surface area (Å²) < 4.78 is 30.2. The predicted octanol–water partition coefficient (Wildman–Crippen LogP) is 4.20. The Morgan fingerprint density at radius 1 is 1.12 bits per heavy atom. The molecule has 6 nitrogen and oxygen atoms in total. The zero-order valence-corrected chi connectivity index (χ0v) is 20.2. The molecule has 0 saturated heterocycles. The van der Waals surface area contributed by atoms with E-state index in [2.05, 4.69) is 10.9 Å². The van der Waals surface area contributed by atoms with Crippen LogP contribution in [-0.2, 0) is 16.6 Å². The summed E-state index contributed by atoms with van der Waals surface area (Å²) in [7, 11) is -3.60. The van der Waals surface area contributed by atoms with Crippen LogP contribution in [0, 0.1) is 19.3 Å². The summed E-state index contributed by atoms with van der Waals surface area (Å²) in [5.74, 6) is 2.18. The molecule has 1 heterocycles. The molecule has 168 valence electrons. The van der Waals surface area contributed by atoms with E-state index in [1.165, 1.54) is 39.9 Å². The lowest BCUT2D eigenvalue weighted by Crippen LogP contribution is -2.32. The van der Waals surface area contributed by atoms with Gasteiger partial charge in [-0.05, 0) is 55.7 Å². The van der Waals surface area contributed by atoms with Gasteiger partial charge in [0.15, 0.2) is 4.80 Å². The van der Waals surface area contributed by atoms with Crippen LogP contribution in [0.5, 0.6) is 0 Å². The summed E-state index contributed by atoms with van der Waals surface area (Å²) in [6.45, 7) is 7.12. The number of carbonyl (C=O) groups excluding carboxylic acids is 1. The van der Waals surface area contributed by atoms with Gasteiger partial charge in [-0.15, -0.1) is 6.42 Å². The Bertz CT molecular complexity index is 1320. The molecule has 0 radical (unpaired) electrons. The Morgan fingerprint density at radius 2 is 1.78 bits per heavy atom. The summed E-state index contributed by atoms with van der Waals surface area (Å²) in [6, 6.07) is 11.9. The fraction of sp³-hybridized carbons (Fsp3) is 0.333. The molecule has 0 atom stereocenters. The van der Waals surface area contributed by atoms with Gasteiger partial charge >= 0.3 is 0 Å². The maximum Gasteiger partial charge on any atom is 0.279 e. The molecule has 0 unspecified atom stereocenters. The number of carbonyl (C=O) groups is 1. The van der Waals surface area contributed by atoms with Crippen molar-refractivity contribution >= 4 is 37.5 Å². The zero-order valence-electron chi connectivity index (χ0n) is 18.5. The zero-order chi connectivity index (χ0) is 23.3. The van der Waals surface area contributed by atoms with Crippen molar-refractivity contribution in [1.82, 2.24) is 8.87 Å². The Hall–Kier alpha value is -2.73. The number of aryl methyl sites for hydroxylation is 1. The minimum atomic E-state index is -3.60. The van der Waals surface area contributed by atoms with Crippen molar-refractivity contribution < 1.29 is 13.2 Å². The number of hydrogen-bond donors (Lipinski definition) is 0. The molecule has 0 saturated carbocycles. The van der Waals surface area contributed by atoms with E-state index in [-0.39, 0.29) is 4.90 Å². The maximum absolute atomic E-state index is 12.9. The molecule has 32 heavy (non-hydrogen) atoms.